The molecule has 0 fully saturated rings. The summed E-state index contributed by atoms with van der Waals surface area (Å²) in [5.41, 5.74) is 25.4. The number of hydrogen-bond acceptors (Lipinski definition) is 19. The maximum Gasteiger partial charge on any atom is 0.322 e. The van der Waals surface area contributed by atoms with Gasteiger partial charge in [0.1, 0.15) is 66.2 Å². The molecule has 0 saturated heterocycles. The van der Waals surface area contributed by atoms with Crippen molar-refractivity contribution in [1.29, 1.82) is 5.41 Å². The second kappa shape index (κ2) is 46.2. The Morgan fingerprint density at radius 1 is 0.500 bits per heavy atom. The zero-order valence-corrected chi connectivity index (χ0v) is 66.4. The minimum absolute atomic E-state index is 0.0178. The number of benzene rings is 4. The number of carboxylic acids is 1. The Bertz CT molecular complexity index is 4480. The first-order chi connectivity index (χ1) is 55.2. The van der Waals surface area contributed by atoms with Gasteiger partial charge in [-0.05, 0) is 103 Å². The molecular weight excluding hydrogens is 1520 g/mol. The number of thioether (sulfide) groups is 1. The van der Waals surface area contributed by atoms with Crippen molar-refractivity contribution >= 4 is 139 Å². The summed E-state index contributed by atoms with van der Waals surface area (Å²) >= 11 is 0.775. The third kappa shape index (κ3) is 29.0. The highest BCUT2D eigenvalue weighted by Gasteiger charge is 2.39. The fraction of sp³-hybridized carbons (Fsp3) is 0.462. The lowest BCUT2D eigenvalue weighted by molar-refractivity contribution is -0.141. The molecule has 0 aliphatic rings. The molecule has 2 unspecified atom stereocenters. The molecule has 6 aromatic rings. The zero-order chi connectivity index (χ0) is 85.3. The number of imide groups is 1. The van der Waals surface area contributed by atoms with Crippen molar-refractivity contribution < 1.29 is 82.1 Å². The zero-order valence-electron chi connectivity index (χ0n) is 65.6. The van der Waals surface area contributed by atoms with Crippen LogP contribution in [0, 0.1) is 17.2 Å². The Morgan fingerprint density at radius 2 is 0.974 bits per heavy atom. The van der Waals surface area contributed by atoms with Crippen molar-refractivity contribution in [2.45, 2.75) is 191 Å². The lowest BCUT2D eigenvalue weighted by Crippen LogP contribution is -2.61. The topological polar surface area (TPSA) is 612 Å². The van der Waals surface area contributed by atoms with Crippen LogP contribution in [0.1, 0.15) is 122 Å². The SMILES string of the molecule is CCCC[C@H](NC(=O)[C@H](Cc1c[nH]c2ccccc12)NC(=O)[C@H](CC(=O)O)NC(=O)[C@@H](CCCCN)NC(=O)NC(=O)[C@H](CO)NC(=O)[C@@H](NC(=O)[C@H](Cc1ccc2ccccc2c1)NC(N)=O)[C@@H](C)CC)C(=O)N[C@@H](CCCNC(=N)N)C(=O)NC(Cc1c[nH]c2ccccc12)C(=O)N[C@@H](C(=O)NC(SCC(C)=O)C(N)=O)C(C)C. The highest BCUT2D eigenvalue weighted by molar-refractivity contribution is 8.01. The van der Waals surface area contributed by atoms with Gasteiger partial charge in [-0.25, -0.2) is 9.59 Å². The number of urea groups is 2. The number of para-hydroxylation sites is 2. The fourth-order valence-electron chi connectivity index (χ4n) is 12.6. The molecule has 6 rings (SSSR count). The second-order valence-corrected chi connectivity index (χ2v) is 29.6. The molecule has 0 bridgehead atoms. The number of nitrogens with two attached hydrogens (primary N) is 4. The monoisotopic (exact) mass is 1630 g/mol. The van der Waals surface area contributed by atoms with E-state index in [1.54, 1.807) is 102 Å². The Hall–Kier alpha value is -12.2. The molecule has 4 aromatic carbocycles. The first-order valence-corrected chi connectivity index (χ1v) is 39.3. The van der Waals surface area contributed by atoms with Crippen molar-refractivity contribution in [3.63, 3.8) is 0 Å². The quantitative estimate of drug-likeness (QED) is 0.0103. The Balaban J connectivity index is 1.23. The van der Waals surface area contributed by atoms with Crippen LogP contribution >= 0.6 is 11.8 Å². The second-order valence-electron chi connectivity index (χ2n) is 28.6. The van der Waals surface area contributed by atoms with E-state index in [0.717, 1.165) is 22.5 Å². The van der Waals surface area contributed by atoms with Gasteiger partial charge in [-0.15, -0.1) is 11.8 Å². The summed E-state index contributed by atoms with van der Waals surface area (Å²) in [7, 11) is 0. The van der Waals surface area contributed by atoms with E-state index >= 15 is 4.79 Å². The largest absolute Gasteiger partial charge is 0.481 e. The van der Waals surface area contributed by atoms with Gasteiger partial charge in [0.15, 0.2) is 11.3 Å². The molecule has 38 heteroatoms. The number of aromatic amines is 2. The van der Waals surface area contributed by atoms with Gasteiger partial charge < -0.3 is 107 Å². The van der Waals surface area contributed by atoms with Crippen LogP contribution in [-0.2, 0) is 81.6 Å². The van der Waals surface area contributed by atoms with E-state index in [1.165, 1.54) is 6.92 Å². The number of carbonyl (C=O) groups is 15. The number of hydrogen-bond donors (Lipinski definition) is 22. The predicted molar refractivity (Wildman–Crippen MR) is 434 cm³/mol. The molecule has 0 saturated carbocycles. The summed E-state index contributed by atoms with van der Waals surface area (Å²) in [4.78, 5) is 214. The number of H-pyrrole nitrogens is 2. The number of aliphatic carboxylic acids is 1. The van der Waals surface area contributed by atoms with E-state index in [9.17, 15) is 77.3 Å². The molecule has 0 aliphatic heterocycles. The number of ketones is 1. The summed E-state index contributed by atoms with van der Waals surface area (Å²) in [5.74, 6) is -14.8. The van der Waals surface area contributed by atoms with Crippen LogP contribution < -0.4 is 92.1 Å². The van der Waals surface area contributed by atoms with Gasteiger partial charge in [0.25, 0.3) is 11.8 Å². The maximum absolute atomic E-state index is 15.1. The van der Waals surface area contributed by atoms with Crippen LogP contribution in [0.25, 0.3) is 32.6 Å². The summed E-state index contributed by atoms with van der Waals surface area (Å²) in [6, 6.07) is 8.76. The van der Waals surface area contributed by atoms with Crippen LogP contribution in [0.4, 0.5) is 9.59 Å². The van der Waals surface area contributed by atoms with Crippen LogP contribution in [0.3, 0.4) is 0 Å². The third-order valence-corrected chi connectivity index (χ3v) is 20.4. The van der Waals surface area contributed by atoms with Crippen LogP contribution in [0.5, 0.6) is 0 Å². The van der Waals surface area contributed by atoms with Gasteiger partial charge in [-0.3, -0.25) is 73.1 Å². The molecule has 0 spiro atoms. The van der Waals surface area contributed by atoms with E-state index in [-0.39, 0.29) is 88.8 Å². The lowest BCUT2D eigenvalue weighted by atomic mass is 9.96. The molecule has 12 atom stereocenters. The first kappa shape index (κ1) is 92.7. The van der Waals surface area contributed by atoms with Crippen molar-refractivity contribution in [3.05, 3.63) is 120 Å². The molecule has 0 radical (unpaired) electrons. The Morgan fingerprint density at radius 3 is 1.49 bits per heavy atom. The number of primary amides is 2. The molecule has 628 valence electrons. The highest BCUT2D eigenvalue weighted by atomic mass is 32.2. The van der Waals surface area contributed by atoms with E-state index < -0.39 is 180 Å². The number of fused-ring (bicyclic) bond motifs is 3. The van der Waals surface area contributed by atoms with Gasteiger partial charge in [0, 0.05) is 60.0 Å². The molecule has 37 nitrogen and oxygen atoms in total. The average molecular weight is 1630 g/mol. The third-order valence-electron chi connectivity index (χ3n) is 19.1. The number of amides is 15. The van der Waals surface area contributed by atoms with Gasteiger partial charge >= 0.3 is 18.0 Å². The van der Waals surface area contributed by atoms with Gasteiger partial charge in [0.05, 0.1) is 18.8 Å². The number of Topliss-reactive ketones (excluding diaryl/α,β-unsaturated/α-hetero) is 1. The number of aromatic nitrogens is 2. The van der Waals surface area contributed by atoms with Crippen molar-refractivity contribution in [1.82, 2.24) is 79.1 Å². The van der Waals surface area contributed by atoms with E-state index in [0.29, 0.717) is 51.3 Å². The first-order valence-electron chi connectivity index (χ1n) is 38.2. The lowest BCUT2D eigenvalue weighted by Gasteiger charge is -2.29. The minimum atomic E-state index is -2.02. The molecule has 2 aromatic heterocycles. The normalized spacial score (nSPS) is 14.3. The average Bonchev–Trinajstić information content (AvgIpc) is 1.63. The highest BCUT2D eigenvalue weighted by Crippen LogP contribution is 2.24. The van der Waals surface area contributed by atoms with Gasteiger partial charge in [0.2, 0.25) is 53.2 Å². The van der Waals surface area contributed by atoms with Gasteiger partial charge in [-0.1, -0.05) is 133 Å². The number of nitrogens with one attached hydrogen (secondary N) is 16. The van der Waals surface area contributed by atoms with Crippen LogP contribution in [-0.4, -0.2) is 206 Å². The summed E-state index contributed by atoms with van der Waals surface area (Å²) in [5, 5.41) is 62.7. The fourth-order valence-corrected chi connectivity index (χ4v) is 13.4. The summed E-state index contributed by atoms with van der Waals surface area (Å²) < 4.78 is 0. The number of rotatable bonds is 48. The molecule has 0 aliphatic carbocycles. The standard InChI is InChI=1S/C78H108N20O17S/c1-7-9-23-53(65(104)87-54(27-18-31-84-76(81)82)66(105)89-58(35-48-38-86-52-25-15-13-22-50(48)52)71(110)95-62(41(3)4)73(112)97-75(64(80)103)116-40-43(6)100)88-68(107)57(34-47-37-85-51-24-14-12-21-49(47)51)90-69(108)59(36-61(101)102)91-67(106)55(26-16-17-30-79)94-78(115)98-72(111)60(39-99)92-74(113)63(42(5)8-2)96-70(109)56(93-77(83)114)33-44-28-29-45-19-10-11-20-46(45)32-44/h10-15,19-22,24-25,28-29,32,37-38,41-42,53-60,62-63,75,85-86,99H,7-9,16-18,23,26-27,30-31,33-36,39-40,79H2,1-6H3,(H2,80,103)(H,87,104)(H,88,107)(H,89,105)(H,90,108)(H,91,106)(H,92,113)(H,95,110)(H,96,109)(H,97,112)(H,101,102)(H4,81,82,84)(H3,83,93,114)(H2,94,98,111,115)/t42-,53-,54-,55+,56-,57-,58?,59-,60-,62+,63-,75?/m0/s1. The maximum atomic E-state index is 15.1. The van der Waals surface area contributed by atoms with Crippen molar-refractivity contribution in [2.24, 2.45) is 34.8 Å². The molecule has 26 N–H and O–H groups in total. The van der Waals surface area contributed by atoms with E-state index in [2.05, 4.69) is 73.8 Å². The molecular formula is C78H108N20O17S. The molecule has 15 amide bonds. The van der Waals surface area contributed by atoms with E-state index in [4.69, 9.17) is 28.3 Å². The number of carbonyl (C=O) groups excluding carboxylic acids is 14. The number of aliphatic hydroxyl groups is 1. The number of aliphatic hydroxyl groups excluding tert-OH is 1. The van der Waals surface area contributed by atoms with Gasteiger partial charge in [-0.2, -0.15) is 0 Å². The Labute approximate surface area is 673 Å². The van der Waals surface area contributed by atoms with Crippen LogP contribution in [0.15, 0.2) is 103 Å². The molecule has 116 heavy (non-hydrogen) atoms. The summed E-state index contributed by atoms with van der Waals surface area (Å²) in [6.45, 7) is 8.68. The van der Waals surface area contributed by atoms with Crippen molar-refractivity contribution in [2.75, 3.05) is 25.4 Å². The Kier molecular flexibility index (Phi) is 36.9. The van der Waals surface area contributed by atoms with E-state index in [1.807, 2.05) is 41.7 Å². The van der Waals surface area contributed by atoms with Crippen molar-refractivity contribution in [3.8, 4) is 0 Å². The smallest absolute Gasteiger partial charge is 0.322 e. The molecule has 2 heterocycles. The summed E-state index contributed by atoms with van der Waals surface area (Å²) in [6.07, 6.45) is 2.53. The number of carboxylic acid groups (broad SMARTS) is 1. The predicted octanol–water partition coefficient (Wildman–Crippen LogP) is -0.0586. The van der Waals surface area contributed by atoms with Crippen LogP contribution in [0.2, 0.25) is 0 Å². The minimum Gasteiger partial charge on any atom is -0.481 e. The number of guanidine groups is 1. The number of unbranched alkanes of at least 4 members (excludes halogenated alkanes) is 2.